The van der Waals surface area contributed by atoms with Crippen molar-refractivity contribution in [3.05, 3.63) is 50.7 Å². The van der Waals surface area contributed by atoms with Gasteiger partial charge in [0.05, 0.1) is 6.54 Å². The average molecular weight is 430 g/mol. The summed E-state index contributed by atoms with van der Waals surface area (Å²) in [6, 6.07) is 7.58. The van der Waals surface area contributed by atoms with Crippen LogP contribution >= 0.6 is 0 Å². The van der Waals surface area contributed by atoms with E-state index < -0.39 is 17.4 Å². The zero-order chi connectivity index (χ0) is 22.4. The van der Waals surface area contributed by atoms with Crippen molar-refractivity contribution in [3.8, 4) is 5.75 Å². The highest BCUT2D eigenvalue weighted by Gasteiger charge is 2.19. The van der Waals surface area contributed by atoms with Crippen LogP contribution < -0.4 is 21.3 Å². The van der Waals surface area contributed by atoms with Gasteiger partial charge < -0.3 is 19.7 Å². The normalized spacial score (nSPS) is 12.3. The zero-order valence-corrected chi connectivity index (χ0v) is 18.4. The molecule has 0 bridgehead atoms. The molecule has 1 atom stereocenters. The van der Waals surface area contributed by atoms with Crippen LogP contribution in [0.15, 0.2) is 33.9 Å². The minimum atomic E-state index is -0.879. The van der Waals surface area contributed by atoms with Gasteiger partial charge in [-0.25, -0.2) is 4.79 Å². The Morgan fingerprint density at radius 3 is 2.81 bits per heavy atom. The van der Waals surface area contributed by atoms with E-state index in [4.69, 9.17) is 4.74 Å². The quantitative estimate of drug-likeness (QED) is 0.403. The molecule has 0 amide bonds. The van der Waals surface area contributed by atoms with Crippen molar-refractivity contribution in [2.24, 2.45) is 7.05 Å². The van der Waals surface area contributed by atoms with E-state index in [2.05, 4.69) is 22.2 Å². The third-order valence-corrected chi connectivity index (χ3v) is 5.15. The highest BCUT2D eigenvalue weighted by Crippen LogP contribution is 2.17. The van der Waals surface area contributed by atoms with Crippen molar-refractivity contribution in [2.45, 2.75) is 52.2 Å². The van der Waals surface area contributed by atoms with Gasteiger partial charge in [0.1, 0.15) is 18.5 Å². The maximum absolute atomic E-state index is 12.5. The summed E-state index contributed by atoms with van der Waals surface area (Å²) in [7, 11) is 1.56. The number of aromatic amines is 1. The Morgan fingerprint density at radius 2 is 2.06 bits per heavy atom. The molecule has 2 aromatic heterocycles. The smallest absolute Gasteiger partial charge is 0.329 e. The molecule has 3 N–H and O–H groups in total. The van der Waals surface area contributed by atoms with Gasteiger partial charge in [0.2, 0.25) is 5.95 Å². The van der Waals surface area contributed by atoms with Gasteiger partial charge >= 0.3 is 5.69 Å². The SMILES string of the molecule is CCCCCCNc1nc2c(c(=O)[nH]c(=O)n2C)n1CC(O)COc1cccc(C)c1. The number of aliphatic hydroxyl groups excluding tert-OH is 1. The van der Waals surface area contributed by atoms with E-state index in [0.717, 1.165) is 31.2 Å². The van der Waals surface area contributed by atoms with Crippen LogP contribution in [0.1, 0.15) is 38.2 Å². The average Bonchev–Trinajstić information content (AvgIpc) is 3.09. The Bertz CT molecular complexity index is 1130. The third kappa shape index (κ3) is 5.55. The number of nitrogens with zero attached hydrogens (tertiary/aromatic N) is 3. The van der Waals surface area contributed by atoms with Crippen LogP contribution in [0.3, 0.4) is 0 Å². The van der Waals surface area contributed by atoms with Gasteiger partial charge in [0.15, 0.2) is 11.2 Å². The number of fused-ring (bicyclic) bond motifs is 1. The van der Waals surface area contributed by atoms with E-state index in [9.17, 15) is 14.7 Å². The van der Waals surface area contributed by atoms with Crippen molar-refractivity contribution >= 4 is 17.1 Å². The van der Waals surface area contributed by atoms with Crippen LogP contribution in [0.5, 0.6) is 5.75 Å². The summed E-state index contributed by atoms with van der Waals surface area (Å²) in [4.78, 5) is 31.3. The maximum Gasteiger partial charge on any atom is 0.329 e. The minimum Gasteiger partial charge on any atom is -0.491 e. The van der Waals surface area contributed by atoms with E-state index in [1.807, 2.05) is 31.2 Å². The van der Waals surface area contributed by atoms with E-state index >= 15 is 0 Å². The maximum atomic E-state index is 12.5. The summed E-state index contributed by atoms with van der Waals surface area (Å²) < 4.78 is 8.62. The Labute approximate surface area is 180 Å². The fourth-order valence-electron chi connectivity index (χ4n) is 3.46. The number of benzene rings is 1. The molecular weight excluding hydrogens is 398 g/mol. The standard InChI is InChI=1S/C22H31N5O4/c1-4-5-6-7-11-23-21-24-19-18(20(29)25-22(30)26(19)3)27(21)13-16(28)14-31-17-10-8-9-15(2)12-17/h8-10,12,16,28H,4-7,11,13-14H2,1-3H3,(H,23,24)(H,25,29,30). The van der Waals surface area contributed by atoms with Crippen LogP contribution in [0.25, 0.3) is 11.2 Å². The van der Waals surface area contributed by atoms with Gasteiger partial charge in [-0.1, -0.05) is 38.3 Å². The molecule has 3 rings (SSSR count). The summed E-state index contributed by atoms with van der Waals surface area (Å²) in [6.07, 6.45) is 3.47. The number of H-pyrrole nitrogens is 1. The molecule has 1 unspecified atom stereocenters. The van der Waals surface area contributed by atoms with E-state index in [-0.39, 0.29) is 24.3 Å². The Morgan fingerprint density at radius 1 is 1.26 bits per heavy atom. The molecule has 168 valence electrons. The van der Waals surface area contributed by atoms with Gasteiger partial charge in [-0.15, -0.1) is 0 Å². The number of anilines is 1. The lowest BCUT2D eigenvalue weighted by Gasteiger charge is -2.16. The molecule has 0 saturated heterocycles. The van der Waals surface area contributed by atoms with Crippen molar-refractivity contribution in [1.82, 2.24) is 19.1 Å². The lowest BCUT2D eigenvalue weighted by Crippen LogP contribution is -2.31. The molecule has 9 heteroatoms. The summed E-state index contributed by atoms with van der Waals surface area (Å²) in [5, 5.41) is 13.9. The van der Waals surface area contributed by atoms with Crippen molar-refractivity contribution in [1.29, 1.82) is 0 Å². The number of hydrogen-bond donors (Lipinski definition) is 3. The minimum absolute atomic E-state index is 0.0583. The molecule has 0 aliphatic rings. The number of unbranched alkanes of at least 4 members (excludes halogenated alkanes) is 3. The molecule has 0 aliphatic heterocycles. The van der Waals surface area contributed by atoms with Gasteiger partial charge in [0.25, 0.3) is 5.56 Å². The van der Waals surface area contributed by atoms with Gasteiger partial charge in [-0.3, -0.25) is 14.3 Å². The first-order chi connectivity index (χ1) is 14.9. The lowest BCUT2D eigenvalue weighted by atomic mass is 10.2. The predicted molar refractivity (Wildman–Crippen MR) is 121 cm³/mol. The van der Waals surface area contributed by atoms with Gasteiger partial charge in [-0.2, -0.15) is 4.98 Å². The summed E-state index contributed by atoms with van der Waals surface area (Å²) in [5.74, 6) is 1.12. The summed E-state index contributed by atoms with van der Waals surface area (Å²) in [5.41, 5.74) is 0.524. The number of hydrogen-bond acceptors (Lipinski definition) is 6. The Balaban J connectivity index is 1.82. The molecule has 0 aliphatic carbocycles. The van der Waals surface area contributed by atoms with Gasteiger partial charge in [-0.05, 0) is 31.0 Å². The number of aromatic nitrogens is 4. The van der Waals surface area contributed by atoms with E-state index in [1.165, 1.54) is 4.57 Å². The number of imidazole rings is 1. The highest BCUT2D eigenvalue weighted by molar-refractivity contribution is 5.74. The second kappa shape index (κ2) is 10.3. The molecule has 0 radical (unpaired) electrons. The molecule has 0 fully saturated rings. The monoisotopic (exact) mass is 429 g/mol. The number of rotatable bonds is 11. The Hall–Kier alpha value is -3.07. The first-order valence-corrected chi connectivity index (χ1v) is 10.7. The number of ether oxygens (including phenoxy) is 1. The molecule has 0 spiro atoms. The topological polar surface area (TPSA) is 114 Å². The van der Waals surface area contributed by atoms with Crippen molar-refractivity contribution in [2.75, 3.05) is 18.5 Å². The van der Waals surface area contributed by atoms with Crippen LogP contribution in [0, 0.1) is 6.92 Å². The van der Waals surface area contributed by atoms with Crippen LogP contribution in [-0.4, -0.2) is 43.5 Å². The fourth-order valence-corrected chi connectivity index (χ4v) is 3.46. The molecular formula is C22H31N5O4. The van der Waals surface area contributed by atoms with E-state index in [1.54, 1.807) is 11.6 Å². The third-order valence-electron chi connectivity index (χ3n) is 5.15. The van der Waals surface area contributed by atoms with Crippen molar-refractivity contribution in [3.63, 3.8) is 0 Å². The molecule has 3 aromatic rings. The molecule has 2 heterocycles. The largest absolute Gasteiger partial charge is 0.491 e. The van der Waals surface area contributed by atoms with Gasteiger partial charge in [0, 0.05) is 13.6 Å². The summed E-state index contributed by atoms with van der Waals surface area (Å²) >= 11 is 0. The molecule has 0 saturated carbocycles. The number of aryl methyl sites for hydroxylation is 2. The van der Waals surface area contributed by atoms with Crippen LogP contribution in [0.2, 0.25) is 0 Å². The predicted octanol–water partition coefficient (Wildman–Crippen LogP) is 2.16. The molecule has 31 heavy (non-hydrogen) atoms. The fraction of sp³-hybridized carbons (Fsp3) is 0.500. The zero-order valence-electron chi connectivity index (χ0n) is 18.4. The number of nitrogens with one attached hydrogen (secondary N) is 2. The Kier molecular flexibility index (Phi) is 7.51. The van der Waals surface area contributed by atoms with Crippen molar-refractivity contribution < 1.29 is 9.84 Å². The second-order valence-corrected chi connectivity index (χ2v) is 7.81. The first-order valence-electron chi connectivity index (χ1n) is 10.7. The lowest BCUT2D eigenvalue weighted by molar-refractivity contribution is 0.0938. The first kappa shape index (κ1) is 22.6. The van der Waals surface area contributed by atoms with Crippen LogP contribution in [-0.2, 0) is 13.6 Å². The summed E-state index contributed by atoms with van der Waals surface area (Å²) in [6.45, 7) is 4.96. The number of aliphatic hydroxyl groups is 1. The second-order valence-electron chi connectivity index (χ2n) is 7.81. The molecule has 1 aromatic carbocycles. The van der Waals surface area contributed by atoms with E-state index in [0.29, 0.717) is 18.2 Å². The molecule has 9 nitrogen and oxygen atoms in total. The van der Waals surface area contributed by atoms with Crippen LogP contribution in [0.4, 0.5) is 5.95 Å². The highest BCUT2D eigenvalue weighted by atomic mass is 16.5.